The molecule has 12 heteroatoms. The highest BCUT2D eigenvalue weighted by Crippen LogP contribution is 2.27. The second kappa shape index (κ2) is 7.57. The van der Waals surface area contributed by atoms with Gasteiger partial charge in [-0.15, -0.1) is 5.10 Å². The van der Waals surface area contributed by atoms with Crippen LogP contribution in [0, 0.1) is 20.2 Å². The summed E-state index contributed by atoms with van der Waals surface area (Å²) in [7, 11) is 1.25. The molecule has 1 aromatic heterocycles. The number of carbonyl (C=O) groups excluding carboxylic acids is 1. The lowest BCUT2D eigenvalue weighted by atomic mass is 10.2. The van der Waals surface area contributed by atoms with Crippen LogP contribution in [0.4, 0.5) is 17.1 Å². The Morgan fingerprint density at radius 3 is 2.64 bits per heavy atom. The van der Waals surface area contributed by atoms with Crippen LogP contribution in [0.15, 0.2) is 24.4 Å². The molecule has 2 aromatic rings. The van der Waals surface area contributed by atoms with Crippen LogP contribution in [0.25, 0.3) is 0 Å². The number of hydrogen-bond donors (Lipinski definition) is 1. The minimum Gasteiger partial charge on any atom is -0.475 e. The van der Waals surface area contributed by atoms with Crippen molar-refractivity contribution >= 4 is 34.6 Å². The number of aryl methyl sites for hydroxylation is 1. The smallest absolute Gasteiger partial charge is 0.350 e. The quantitative estimate of drug-likeness (QED) is 0.582. The monoisotopic (exact) mass is 369 g/mol. The van der Waals surface area contributed by atoms with Crippen molar-refractivity contribution in [3.05, 3.63) is 49.6 Å². The number of methoxy groups -OCH3 is 1. The standard InChI is InChI=1S/C13H12ClN5O6/c1-25-13-11(19(23)24)7-17(16-13)5-4-12(20)15-10-6-8(18(21)22)2-3-9(10)14/h2-3,6-7H,4-5H2,1H3,(H,15,20). The normalized spacial score (nSPS) is 10.3. The van der Waals surface area contributed by atoms with Crippen molar-refractivity contribution in [2.75, 3.05) is 12.4 Å². The van der Waals surface area contributed by atoms with Crippen LogP contribution in [0.5, 0.6) is 5.88 Å². The summed E-state index contributed by atoms with van der Waals surface area (Å²) in [5.41, 5.74) is -0.429. The number of halogens is 1. The molecule has 1 aromatic carbocycles. The van der Waals surface area contributed by atoms with Crippen molar-refractivity contribution in [3.63, 3.8) is 0 Å². The van der Waals surface area contributed by atoms with E-state index in [-0.39, 0.29) is 40.9 Å². The number of benzene rings is 1. The summed E-state index contributed by atoms with van der Waals surface area (Å²) >= 11 is 5.89. The number of carbonyl (C=O) groups is 1. The number of ether oxygens (including phenoxy) is 1. The number of rotatable bonds is 7. The van der Waals surface area contributed by atoms with Gasteiger partial charge in [-0.3, -0.25) is 29.7 Å². The average Bonchev–Trinajstić information content (AvgIpc) is 2.98. The van der Waals surface area contributed by atoms with Crippen LogP contribution < -0.4 is 10.1 Å². The molecule has 25 heavy (non-hydrogen) atoms. The predicted octanol–water partition coefficient (Wildman–Crippen LogP) is 2.39. The van der Waals surface area contributed by atoms with Gasteiger partial charge in [-0.25, -0.2) is 0 Å². The van der Waals surface area contributed by atoms with E-state index in [1.807, 2.05) is 0 Å². The van der Waals surface area contributed by atoms with E-state index in [4.69, 9.17) is 16.3 Å². The highest BCUT2D eigenvalue weighted by Gasteiger charge is 2.20. The third kappa shape index (κ3) is 4.41. The summed E-state index contributed by atoms with van der Waals surface area (Å²) < 4.78 is 5.99. The Hall–Kier alpha value is -3.21. The number of hydrogen-bond acceptors (Lipinski definition) is 7. The summed E-state index contributed by atoms with van der Waals surface area (Å²) in [6.07, 6.45) is 1.06. The van der Waals surface area contributed by atoms with E-state index in [0.29, 0.717) is 0 Å². The Bertz CT molecular complexity index is 836. The van der Waals surface area contributed by atoms with Crippen LogP contribution in [0.3, 0.4) is 0 Å². The maximum Gasteiger partial charge on any atom is 0.350 e. The molecule has 0 aliphatic rings. The largest absolute Gasteiger partial charge is 0.475 e. The fraction of sp³-hybridized carbons (Fsp3) is 0.231. The zero-order valence-electron chi connectivity index (χ0n) is 12.8. The maximum atomic E-state index is 12.0. The second-order valence-corrected chi connectivity index (χ2v) is 5.17. The van der Waals surface area contributed by atoms with Crippen molar-refractivity contribution in [2.45, 2.75) is 13.0 Å². The Balaban J connectivity index is 2.03. The average molecular weight is 370 g/mol. The molecule has 11 nitrogen and oxygen atoms in total. The van der Waals surface area contributed by atoms with Gasteiger partial charge in [0, 0.05) is 18.6 Å². The zero-order valence-corrected chi connectivity index (χ0v) is 13.6. The van der Waals surface area contributed by atoms with Gasteiger partial charge in [0.25, 0.3) is 5.69 Å². The molecule has 2 rings (SSSR count). The van der Waals surface area contributed by atoms with Crippen LogP contribution in [-0.4, -0.2) is 32.6 Å². The summed E-state index contributed by atoms with van der Waals surface area (Å²) in [4.78, 5) is 32.3. The van der Waals surface area contributed by atoms with E-state index in [1.54, 1.807) is 0 Å². The molecule has 0 radical (unpaired) electrons. The zero-order chi connectivity index (χ0) is 18.6. The molecule has 0 saturated heterocycles. The van der Waals surface area contributed by atoms with Crippen molar-refractivity contribution in [1.82, 2.24) is 9.78 Å². The Kier molecular flexibility index (Phi) is 5.49. The summed E-state index contributed by atoms with van der Waals surface area (Å²) in [6.45, 7) is 0.0442. The lowest BCUT2D eigenvalue weighted by Crippen LogP contribution is -2.15. The number of nitrogens with one attached hydrogen (secondary N) is 1. The maximum absolute atomic E-state index is 12.0. The number of aromatic nitrogens is 2. The van der Waals surface area contributed by atoms with E-state index in [0.717, 1.165) is 12.3 Å². The Morgan fingerprint density at radius 2 is 2.08 bits per heavy atom. The number of non-ortho nitro benzene ring substituents is 1. The molecular weight excluding hydrogens is 358 g/mol. The highest BCUT2D eigenvalue weighted by molar-refractivity contribution is 6.33. The van der Waals surface area contributed by atoms with Gasteiger partial charge in [0.1, 0.15) is 6.20 Å². The molecule has 1 amide bonds. The summed E-state index contributed by atoms with van der Waals surface area (Å²) in [5.74, 6) is -0.647. The molecule has 0 atom stereocenters. The highest BCUT2D eigenvalue weighted by atomic mass is 35.5. The van der Waals surface area contributed by atoms with Gasteiger partial charge < -0.3 is 10.1 Å². The van der Waals surface area contributed by atoms with Gasteiger partial charge in [0.15, 0.2) is 0 Å². The molecule has 0 aliphatic carbocycles. The Labute approximate surface area is 145 Å². The molecule has 0 aliphatic heterocycles. The summed E-state index contributed by atoms with van der Waals surface area (Å²) in [5, 5.41) is 28.0. The molecule has 132 valence electrons. The van der Waals surface area contributed by atoms with E-state index in [1.165, 1.54) is 23.9 Å². The molecule has 0 saturated carbocycles. The van der Waals surface area contributed by atoms with E-state index < -0.39 is 15.8 Å². The van der Waals surface area contributed by atoms with Crippen LogP contribution in [-0.2, 0) is 11.3 Å². The molecule has 0 unspecified atom stereocenters. The van der Waals surface area contributed by atoms with Gasteiger partial charge in [-0.05, 0) is 6.07 Å². The van der Waals surface area contributed by atoms with Crippen LogP contribution in [0.2, 0.25) is 5.02 Å². The first-order valence-corrected chi connectivity index (χ1v) is 7.19. The molecule has 0 fully saturated rings. The molecular formula is C13H12ClN5O6. The first kappa shape index (κ1) is 18.1. The lowest BCUT2D eigenvalue weighted by molar-refractivity contribution is -0.385. The summed E-state index contributed by atoms with van der Waals surface area (Å²) in [6, 6.07) is 3.66. The Morgan fingerprint density at radius 1 is 1.36 bits per heavy atom. The first-order valence-electron chi connectivity index (χ1n) is 6.81. The van der Waals surface area contributed by atoms with Gasteiger partial charge in [0.05, 0.1) is 34.2 Å². The van der Waals surface area contributed by atoms with Gasteiger partial charge in [-0.2, -0.15) is 0 Å². The molecule has 1 N–H and O–H groups in total. The van der Waals surface area contributed by atoms with E-state index >= 15 is 0 Å². The number of amides is 1. The van der Waals surface area contributed by atoms with Crippen molar-refractivity contribution in [2.24, 2.45) is 0 Å². The number of nitro benzene ring substituents is 1. The third-order valence-electron chi connectivity index (χ3n) is 3.10. The predicted molar refractivity (Wildman–Crippen MR) is 86.8 cm³/mol. The fourth-order valence-electron chi connectivity index (χ4n) is 1.93. The molecule has 1 heterocycles. The van der Waals surface area contributed by atoms with Gasteiger partial charge in [0.2, 0.25) is 5.91 Å². The minimum absolute atomic E-state index is 0.0442. The third-order valence-corrected chi connectivity index (χ3v) is 3.43. The van der Waals surface area contributed by atoms with E-state index in [9.17, 15) is 25.0 Å². The molecule has 0 bridgehead atoms. The van der Waals surface area contributed by atoms with Gasteiger partial charge in [-0.1, -0.05) is 11.6 Å². The SMILES string of the molecule is COc1nn(CCC(=O)Nc2cc([N+](=O)[O-])ccc2Cl)cc1[N+](=O)[O-]. The van der Waals surface area contributed by atoms with Gasteiger partial charge >= 0.3 is 11.6 Å². The molecule has 0 spiro atoms. The first-order chi connectivity index (χ1) is 11.8. The lowest BCUT2D eigenvalue weighted by Gasteiger charge is -2.07. The van der Waals surface area contributed by atoms with Crippen molar-refractivity contribution in [3.8, 4) is 5.88 Å². The number of nitro groups is 2. The topological polar surface area (TPSA) is 142 Å². The second-order valence-electron chi connectivity index (χ2n) is 4.76. The number of nitrogens with zero attached hydrogens (tertiary/aromatic N) is 4. The van der Waals surface area contributed by atoms with Crippen molar-refractivity contribution in [1.29, 1.82) is 0 Å². The number of anilines is 1. The van der Waals surface area contributed by atoms with Crippen molar-refractivity contribution < 1.29 is 19.4 Å². The van der Waals surface area contributed by atoms with E-state index in [2.05, 4.69) is 10.4 Å². The fourth-order valence-corrected chi connectivity index (χ4v) is 2.09. The van der Waals surface area contributed by atoms with Crippen LogP contribution in [0.1, 0.15) is 6.42 Å². The minimum atomic E-state index is -0.648. The van der Waals surface area contributed by atoms with Crippen LogP contribution >= 0.6 is 11.6 Å².